The zero-order valence-corrected chi connectivity index (χ0v) is 12.2. The molecular formula is C15H16N2O5. The van der Waals surface area contributed by atoms with Gasteiger partial charge in [0.2, 0.25) is 0 Å². The number of rotatable bonds is 6. The maximum Gasteiger partial charge on any atom is 0.334 e. The summed E-state index contributed by atoms with van der Waals surface area (Å²) in [7, 11) is 1.27. The molecule has 22 heavy (non-hydrogen) atoms. The maximum absolute atomic E-state index is 12.1. The van der Waals surface area contributed by atoms with Gasteiger partial charge in [0.1, 0.15) is 5.69 Å². The van der Waals surface area contributed by atoms with E-state index in [1.165, 1.54) is 7.11 Å². The van der Waals surface area contributed by atoms with Crippen molar-refractivity contribution >= 4 is 11.9 Å². The van der Waals surface area contributed by atoms with Gasteiger partial charge in [-0.05, 0) is 31.2 Å². The van der Waals surface area contributed by atoms with E-state index >= 15 is 0 Å². The Balaban J connectivity index is 2.09. The summed E-state index contributed by atoms with van der Waals surface area (Å²) in [6.07, 6.45) is 0.462. The third kappa shape index (κ3) is 3.50. The molecule has 0 aliphatic carbocycles. The van der Waals surface area contributed by atoms with Crippen LogP contribution in [0, 0.1) is 6.92 Å². The minimum absolute atomic E-state index is 0.121. The van der Waals surface area contributed by atoms with E-state index in [1.54, 1.807) is 37.5 Å². The fourth-order valence-electron chi connectivity index (χ4n) is 1.91. The number of carboxylic acids is 1. The van der Waals surface area contributed by atoms with Crippen molar-refractivity contribution in [2.45, 2.75) is 13.0 Å². The second kappa shape index (κ2) is 6.86. The predicted octanol–water partition coefficient (Wildman–Crippen LogP) is 1.48. The van der Waals surface area contributed by atoms with Crippen LogP contribution >= 0.6 is 0 Å². The molecule has 2 aromatic heterocycles. The van der Waals surface area contributed by atoms with Crippen molar-refractivity contribution < 1.29 is 23.8 Å². The van der Waals surface area contributed by atoms with E-state index in [-0.39, 0.29) is 6.54 Å². The summed E-state index contributed by atoms with van der Waals surface area (Å²) >= 11 is 0. The van der Waals surface area contributed by atoms with Gasteiger partial charge in [-0.25, -0.2) is 9.78 Å². The zero-order valence-electron chi connectivity index (χ0n) is 12.2. The number of nitrogens with one attached hydrogen (secondary N) is 1. The number of carbonyl (C=O) groups is 2. The monoisotopic (exact) mass is 304 g/mol. The molecule has 1 unspecified atom stereocenters. The number of carboxylic acid groups (broad SMARTS) is 1. The summed E-state index contributed by atoms with van der Waals surface area (Å²) in [5.41, 5.74) is 1.52. The largest absolute Gasteiger partial charge is 0.479 e. The second-order valence-corrected chi connectivity index (χ2v) is 4.58. The van der Waals surface area contributed by atoms with E-state index < -0.39 is 18.0 Å². The van der Waals surface area contributed by atoms with Crippen molar-refractivity contribution in [3.05, 3.63) is 41.8 Å². The van der Waals surface area contributed by atoms with Crippen LogP contribution in [-0.4, -0.2) is 41.7 Å². The van der Waals surface area contributed by atoms with Gasteiger partial charge < -0.3 is 19.6 Å². The zero-order chi connectivity index (χ0) is 16.1. The number of aliphatic carboxylic acids is 1. The van der Waals surface area contributed by atoms with Crippen molar-refractivity contribution in [2.24, 2.45) is 0 Å². The highest BCUT2D eigenvalue weighted by Crippen LogP contribution is 2.19. The quantitative estimate of drug-likeness (QED) is 0.838. The Morgan fingerprint density at radius 3 is 2.73 bits per heavy atom. The van der Waals surface area contributed by atoms with Crippen LogP contribution in [0.15, 0.2) is 34.9 Å². The van der Waals surface area contributed by atoms with Gasteiger partial charge in [-0.1, -0.05) is 0 Å². The molecule has 2 aromatic rings. The normalized spacial score (nSPS) is 11.9. The Bertz CT molecular complexity index is 667. The highest BCUT2D eigenvalue weighted by Gasteiger charge is 2.19. The first-order valence-corrected chi connectivity index (χ1v) is 6.58. The first-order valence-electron chi connectivity index (χ1n) is 6.58. The number of ether oxygens (including phenoxy) is 1. The first-order chi connectivity index (χ1) is 10.5. The Kier molecular flexibility index (Phi) is 4.90. The maximum atomic E-state index is 12.1. The summed E-state index contributed by atoms with van der Waals surface area (Å²) < 4.78 is 10.0. The van der Waals surface area contributed by atoms with Crippen LogP contribution in [0.25, 0.3) is 11.5 Å². The average molecular weight is 304 g/mol. The van der Waals surface area contributed by atoms with Crippen molar-refractivity contribution in [1.29, 1.82) is 0 Å². The van der Waals surface area contributed by atoms with Gasteiger partial charge >= 0.3 is 5.97 Å². The molecule has 0 spiro atoms. The molecule has 1 atom stereocenters. The molecule has 0 bridgehead atoms. The minimum atomic E-state index is -1.13. The van der Waals surface area contributed by atoms with Gasteiger partial charge in [0.15, 0.2) is 11.9 Å². The van der Waals surface area contributed by atoms with Crippen LogP contribution in [0.3, 0.4) is 0 Å². The van der Waals surface area contributed by atoms with Crippen LogP contribution < -0.4 is 5.32 Å². The van der Waals surface area contributed by atoms with Crippen LogP contribution in [-0.2, 0) is 9.53 Å². The van der Waals surface area contributed by atoms with E-state index in [2.05, 4.69) is 10.3 Å². The molecule has 2 N–H and O–H groups in total. The van der Waals surface area contributed by atoms with Crippen molar-refractivity contribution in [1.82, 2.24) is 10.3 Å². The van der Waals surface area contributed by atoms with Crippen molar-refractivity contribution in [3.63, 3.8) is 0 Å². The van der Waals surface area contributed by atoms with E-state index in [4.69, 9.17) is 14.3 Å². The van der Waals surface area contributed by atoms with Crippen molar-refractivity contribution in [3.8, 4) is 11.5 Å². The number of hydrogen-bond donors (Lipinski definition) is 2. The Hall–Kier alpha value is -2.67. The molecule has 2 heterocycles. The summed E-state index contributed by atoms with van der Waals surface area (Å²) in [5, 5.41) is 11.4. The van der Waals surface area contributed by atoms with Gasteiger partial charge in [-0.3, -0.25) is 4.79 Å². The van der Waals surface area contributed by atoms with E-state index in [1.807, 2.05) is 0 Å². The number of furan rings is 1. The van der Waals surface area contributed by atoms with E-state index in [0.717, 1.165) is 0 Å². The molecule has 0 saturated heterocycles. The number of amides is 1. The van der Waals surface area contributed by atoms with Gasteiger partial charge in [0, 0.05) is 7.11 Å². The molecule has 0 aromatic carbocycles. The molecule has 0 aliphatic rings. The number of nitrogens with zero attached hydrogens (tertiary/aromatic N) is 1. The van der Waals surface area contributed by atoms with Gasteiger partial charge in [0.05, 0.1) is 24.1 Å². The Morgan fingerprint density at radius 2 is 2.18 bits per heavy atom. The molecule has 0 aliphatic heterocycles. The Morgan fingerprint density at radius 1 is 1.41 bits per heavy atom. The standard InChI is InChI=1S/C15H16N2O5/c1-9-10(14(18)16-8-13(21-2)15(19)20)5-6-11(17-9)12-4-3-7-22-12/h3-7,13H,8H2,1-2H3,(H,16,18)(H,19,20). The molecule has 7 nitrogen and oxygen atoms in total. The highest BCUT2D eigenvalue weighted by atomic mass is 16.5. The number of methoxy groups -OCH3 is 1. The number of hydrogen-bond acceptors (Lipinski definition) is 5. The lowest BCUT2D eigenvalue weighted by Gasteiger charge is -2.12. The van der Waals surface area contributed by atoms with Crippen molar-refractivity contribution in [2.75, 3.05) is 13.7 Å². The molecule has 0 fully saturated rings. The molecule has 7 heteroatoms. The topological polar surface area (TPSA) is 102 Å². The first kappa shape index (κ1) is 15.7. The molecule has 0 saturated carbocycles. The summed E-state index contributed by atoms with van der Waals surface area (Å²) in [4.78, 5) is 27.2. The predicted molar refractivity (Wildman–Crippen MR) is 77.4 cm³/mol. The smallest absolute Gasteiger partial charge is 0.334 e. The second-order valence-electron chi connectivity index (χ2n) is 4.58. The van der Waals surface area contributed by atoms with Crippen LogP contribution in [0.2, 0.25) is 0 Å². The molecular weight excluding hydrogens is 288 g/mol. The fourth-order valence-corrected chi connectivity index (χ4v) is 1.91. The minimum Gasteiger partial charge on any atom is -0.479 e. The van der Waals surface area contributed by atoms with Crippen LogP contribution in [0.5, 0.6) is 0 Å². The van der Waals surface area contributed by atoms with Gasteiger partial charge in [0.25, 0.3) is 5.91 Å². The lowest BCUT2D eigenvalue weighted by Crippen LogP contribution is -2.38. The molecule has 116 valence electrons. The Labute approximate surface area is 126 Å². The third-order valence-electron chi connectivity index (χ3n) is 3.11. The fraction of sp³-hybridized carbons (Fsp3) is 0.267. The highest BCUT2D eigenvalue weighted by molar-refractivity contribution is 5.95. The molecule has 0 radical (unpaired) electrons. The van der Waals surface area contributed by atoms with E-state index in [0.29, 0.717) is 22.7 Å². The van der Waals surface area contributed by atoms with Gasteiger partial charge in [-0.2, -0.15) is 0 Å². The lowest BCUT2D eigenvalue weighted by atomic mass is 10.1. The number of aryl methyl sites for hydroxylation is 1. The molecule has 1 amide bonds. The summed E-state index contributed by atoms with van der Waals surface area (Å²) in [6, 6.07) is 6.82. The number of carbonyl (C=O) groups excluding carboxylic acids is 1. The summed E-state index contributed by atoms with van der Waals surface area (Å²) in [6.45, 7) is 1.58. The van der Waals surface area contributed by atoms with Crippen LogP contribution in [0.4, 0.5) is 0 Å². The van der Waals surface area contributed by atoms with E-state index in [9.17, 15) is 9.59 Å². The van der Waals surface area contributed by atoms with Crippen LogP contribution in [0.1, 0.15) is 16.1 Å². The molecule has 2 rings (SSSR count). The third-order valence-corrected chi connectivity index (χ3v) is 3.11. The van der Waals surface area contributed by atoms with Gasteiger partial charge in [-0.15, -0.1) is 0 Å². The number of aromatic nitrogens is 1. The SMILES string of the molecule is COC(CNC(=O)c1ccc(-c2ccco2)nc1C)C(=O)O. The number of pyridine rings is 1. The summed E-state index contributed by atoms with van der Waals surface area (Å²) in [5.74, 6) is -0.925. The average Bonchev–Trinajstić information content (AvgIpc) is 3.01. The lowest BCUT2D eigenvalue weighted by molar-refractivity contribution is -0.148.